The van der Waals surface area contributed by atoms with E-state index in [1.54, 1.807) is 0 Å². The molecule has 0 spiro atoms. The van der Waals surface area contributed by atoms with Gasteiger partial charge in [0.1, 0.15) is 11.5 Å². The zero-order valence-corrected chi connectivity index (χ0v) is 14.5. The van der Waals surface area contributed by atoms with Gasteiger partial charge in [-0.2, -0.15) is 0 Å². The number of aryl methyl sites for hydroxylation is 1. The van der Waals surface area contributed by atoms with E-state index < -0.39 is 0 Å². The molecule has 0 fully saturated rings. The van der Waals surface area contributed by atoms with Crippen molar-refractivity contribution >= 4 is 15.9 Å². The van der Waals surface area contributed by atoms with Crippen LogP contribution in [0.3, 0.4) is 0 Å². The highest BCUT2D eigenvalue weighted by Gasteiger charge is 2.09. The van der Waals surface area contributed by atoms with Gasteiger partial charge in [-0.3, -0.25) is 4.90 Å². The number of nitrogens with zero attached hydrogens (tertiary/aromatic N) is 1. The number of furan rings is 1. The summed E-state index contributed by atoms with van der Waals surface area (Å²) in [6.45, 7) is 7.69. The van der Waals surface area contributed by atoms with E-state index in [2.05, 4.69) is 71.3 Å². The summed E-state index contributed by atoms with van der Waals surface area (Å²) in [5.41, 5.74) is 2.52. The zero-order chi connectivity index (χ0) is 15.2. The van der Waals surface area contributed by atoms with Crippen molar-refractivity contribution in [3.8, 4) is 0 Å². The first kappa shape index (κ1) is 16.3. The molecule has 2 aromatic rings. The maximum Gasteiger partial charge on any atom is 0.120 e. The second-order valence-corrected chi connectivity index (χ2v) is 6.32. The molecule has 0 amide bonds. The lowest BCUT2D eigenvalue weighted by Crippen LogP contribution is -2.16. The van der Waals surface area contributed by atoms with Gasteiger partial charge in [0.2, 0.25) is 0 Å². The molecule has 1 N–H and O–H groups in total. The van der Waals surface area contributed by atoms with Gasteiger partial charge in [-0.15, -0.1) is 0 Å². The predicted molar refractivity (Wildman–Crippen MR) is 90.1 cm³/mol. The first-order valence-corrected chi connectivity index (χ1v) is 8.09. The van der Waals surface area contributed by atoms with Gasteiger partial charge in [-0.05, 0) is 49.8 Å². The summed E-state index contributed by atoms with van der Waals surface area (Å²) in [7, 11) is 2.11. The molecule has 21 heavy (non-hydrogen) atoms. The quantitative estimate of drug-likeness (QED) is 0.814. The number of halogens is 1. The Hall–Kier alpha value is -1.10. The van der Waals surface area contributed by atoms with Crippen LogP contribution in [0.5, 0.6) is 0 Å². The molecule has 4 heteroatoms. The third kappa shape index (κ3) is 4.99. The van der Waals surface area contributed by atoms with E-state index in [-0.39, 0.29) is 0 Å². The molecule has 0 radical (unpaired) electrons. The molecule has 0 bridgehead atoms. The molecule has 0 saturated carbocycles. The highest BCUT2D eigenvalue weighted by molar-refractivity contribution is 9.10. The van der Waals surface area contributed by atoms with Gasteiger partial charge in [-0.25, -0.2) is 0 Å². The van der Waals surface area contributed by atoms with E-state index in [0.29, 0.717) is 0 Å². The number of rotatable bonds is 7. The third-order valence-corrected chi connectivity index (χ3v) is 3.87. The first-order valence-electron chi connectivity index (χ1n) is 7.30. The van der Waals surface area contributed by atoms with Gasteiger partial charge in [0.25, 0.3) is 0 Å². The average Bonchev–Trinajstić information content (AvgIpc) is 2.76. The number of hydrogen-bond acceptors (Lipinski definition) is 3. The van der Waals surface area contributed by atoms with E-state index in [9.17, 15) is 0 Å². The Labute approximate surface area is 135 Å². The standard InChI is InChI=1S/C17H23BrN2O/c1-4-19-10-17-13(2)8-16(21-17)12-20(3)11-14-6-5-7-15(18)9-14/h5-9,19H,4,10-12H2,1-3H3. The molecule has 114 valence electrons. The predicted octanol–water partition coefficient (Wildman–Crippen LogP) is 4.09. The Bertz CT molecular complexity index is 580. The summed E-state index contributed by atoms with van der Waals surface area (Å²) in [6.07, 6.45) is 0. The summed E-state index contributed by atoms with van der Waals surface area (Å²) in [5, 5.41) is 3.31. The van der Waals surface area contributed by atoms with Crippen LogP contribution in [0.4, 0.5) is 0 Å². The van der Waals surface area contributed by atoms with E-state index in [1.807, 2.05) is 6.07 Å². The van der Waals surface area contributed by atoms with Crippen molar-refractivity contribution in [3.63, 3.8) is 0 Å². The third-order valence-electron chi connectivity index (χ3n) is 3.37. The minimum atomic E-state index is 0.803. The van der Waals surface area contributed by atoms with E-state index in [1.165, 1.54) is 11.1 Å². The van der Waals surface area contributed by atoms with E-state index in [4.69, 9.17) is 4.42 Å². The molecule has 1 aromatic heterocycles. The lowest BCUT2D eigenvalue weighted by molar-refractivity contribution is 0.282. The molecule has 0 aliphatic carbocycles. The molecule has 1 heterocycles. The summed E-state index contributed by atoms with van der Waals surface area (Å²) in [5.74, 6) is 2.07. The Balaban J connectivity index is 1.94. The molecule has 0 aliphatic rings. The Morgan fingerprint density at radius 2 is 2.05 bits per heavy atom. The Kier molecular flexibility index (Phi) is 6.03. The molecule has 1 aromatic carbocycles. The van der Waals surface area contributed by atoms with Crippen LogP contribution in [-0.4, -0.2) is 18.5 Å². The second-order valence-electron chi connectivity index (χ2n) is 5.40. The highest BCUT2D eigenvalue weighted by Crippen LogP contribution is 2.18. The average molecular weight is 351 g/mol. The van der Waals surface area contributed by atoms with Crippen molar-refractivity contribution in [1.29, 1.82) is 0 Å². The Morgan fingerprint density at radius 3 is 2.76 bits per heavy atom. The summed E-state index contributed by atoms with van der Waals surface area (Å²) in [4.78, 5) is 2.26. The molecular weight excluding hydrogens is 328 g/mol. The molecule has 0 saturated heterocycles. The molecule has 3 nitrogen and oxygen atoms in total. The van der Waals surface area contributed by atoms with Crippen LogP contribution in [0, 0.1) is 6.92 Å². The van der Waals surface area contributed by atoms with Crippen molar-refractivity contribution in [2.45, 2.75) is 33.5 Å². The fourth-order valence-electron chi connectivity index (χ4n) is 2.35. The van der Waals surface area contributed by atoms with Gasteiger partial charge >= 0.3 is 0 Å². The number of benzene rings is 1. The Morgan fingerprint density at radius 1 is 1.24 bits per heavy atom. The summed E-state index contributed by atoms with van der Waals surface area (Å²) in [6, 6.07) is 10.6. The van der Waals surface area contributed by atoms with E-state index >= 15 is 0 Å². The number of hydrogen-bond donors (Lipinski definition) is 1. The van der Waals surface area contributed by atoms with Gasteiger partial charge < -0.3 is 9.73 Å². The molecule has 0 unspecified atom stereocenters. The normalized spacial score (nSPS) is 11.3. The van der Waals surface area contributed by atoms with Crippen LogP contribution in [0.25, 0.3) is 0 Å². The van der Waals surface area contributed by atoms with Gasteiger partial charge in [0.15, 0.2) is 0 Å². The van der Waals surface area contributed by atoms with Crippen LogP contribution < -0.4 is 5.32 Å². The van der Waals surface area contributed by atoms with Crippen LogP contribution in [0.15, 0.2) is 39.2 Å². The van der Waals surface area contributed by atoms with Crippen molar-refractivity contribution in [2.75, 3.05) is 13.6 Å². The lowest BCUT2D eigenvalue weighted by atomic mass is 10.2. The van der Waals surface area contributed by atoms with Crippen LogP contribution in [-0.2, 0) is 19.6 Å². The molecule has 0 aliphatic heterocycles. The van der Waals surface area contributed by atoms with Crippen molar-refractivity contribution in [2.24, 2.45) is 0 Å². The van der Waals surface area contributed by atoms with Crippen LogP contribution >= 0.6 is 15.9 Å². The van der Waals surface area contributed by atoms with Crippen LogP contribution in [0.1, 0.15) is 29.6 Å². The lowest BCUT2D eigenvalue weighted by Gasteiger charge is -2.15. The highest BCUT2D eigenvalue weighted by atomic mass is 79.9. The SMILES string of the molecule is CCNCc1oc(CN(C)Cc2cccc(Br)c2)cc1C. The smallest absolute Gasteiger partial charge is 0.120 e. The van der Waals surface area contributed by atoms with Crippen LogP contribution in [0.2, 0.25) is 0 Å². The van der Waals surface area contributed by atoms with Gasteiger partial charge in [-0.1, -0.05) is 35.0 Å². The minimum absolute atomic E-state index is 0.803. The second kappa shape index (κ2) is 7.78. The van der Waals surface area contributed by atoms with Gasteiger partial charge in [0, 0.05) is 11.0 Å². The summed E-state index contributed by atoms with van der Waals surface area (Å²) < 4.78 is 7.06. The fourth-order valence-corrected chi connectivity index (χ4v) is 2.80. The molecular formula is C17H23BrN2O. The van der Waals surface area contributed by atoms with Crippen molar-refractivity contribution in [3.05, 3.63) is 57.5 Å². The summed E-state index contributed by atoms with van der Waals surface area (Å²) >= 11 is 3.51. The monoisotopic (exact) mass is 350 g/mol. The molecule has 2 rings (SSSR count). The zero-order valence-electron chi connectivity index (χ0n) is 12.9. The molecule has 0 atom stereocenters. The topological polar surface area (TPSA) is 28.4 Å². The van der Waals surface area contributed by atoms with E-state index in [0.717, 1.165) is 42.2 Å². The van der Waals surface area contributed by atoms with Gasteiger partial charge in [0.05, 0.1) is 13.1 Å². The minimum Gasteiger partial charge on any atom is -0.463 e. The maximum atomic E-state index is 5.94. The first-order chi connectivity index (χ1) is 10.1. The largest absolute Gasteiger partial charge is 0.463 e. The van der Waals surface area contributed by atoms with Crippen molar-refractivity contribution in [1.82, 2.24) is 10.2 Å². The van der Waals surface area contributed by atoms with Crippen molar-refractivity contribution < 1.29 is 4.42 Å². The number of nitrogens with one attached hydrogen (secondary N) is 1. The maximum absolute atomic E-state index is 5.94. The fraction of sp³-hybridized carbons (Fsp3) is 0.412.